The van der Waals surface area contributed by atoms with Gasteiger partial charge in [0.15, 0.2) is 0 Å². The Morgan fingerprint density at radius 1 is 1.20 bits per heavy atom. The average Bonchev–Trinajstić information content (AvgIpc) is 3.27. The van der Waals surface area contributed by atoms with Crippen molar-refractivity contribution in [3.05, 3.63) is 70.5 Å². The highest BCUT2D eigenvalue weighted by molar-refractivity contribution is 7.13. The van der Waals surface area contributed by atoms with Gasteiger partial charge in [-0.05, 0) is 41.8 Å². The van der Waals surface area contributed by atoms with Crippen molar-refractivity contribution in [2.45, 2.75) is 6.54 Å². The lowest BCUT2D eigenvalue weighted by atomic mass is 10.2. The lowest BCUT2D eigenvalue weighted by molar-refractivity contribution is -0.117. The summed E-state index contributed by atoms with van der Waals surface area (Å²) in [7, 11) is 0. The molecule has 3 heterocycles. The first kappa shape index (κ1) is 15.3. The van der Waals surface area contributed by atoms with Crippen molar-refractivity contribution in [2.75, 3.05) is 5.32 Å². The molecule has 124 valence electrons. The topological polar surface area (TPSA) is 79.8 Å². The first-order valence-electron chi connectivity index (χ1n) is 7.68. The summed E-state index contributed by atoms with van der Waals surface area (Å²) in [6.45, 7) is -0.136. The molecule has 0 aliphatic rings. The third-order valence-electron chi connectivity index (χ3n) is 3.77. The van der Waals surface area contributed by atoms with Crippen LogP contribution in [0.25, 0.3) is 21.5 Å². The minimum atomic E-state index is -0.309. The van der Waals surface area contributed by atoms with Crippen LogP contribution in [-0.4, -0.2) is 20.7 Å². The van der Waals surface area contributed by atoms with Crippen molar-refractivity contribution >= 4 is 33.8 Å². The van der Waals surface area contributed by atoms with Gasteiger partial charge in [0.05, 0.1) is 4.88 Å². The van der Waals surface area contributed by atoms with Crippen LogP contribution >= 0.6 is 11.3 Å². The number of nitrogens with zero attached hydrogens (tertiary/aromatic N) is 2. The molecule has 2 N–H and O–H groups in total. The first-order chi connectivity index (χ1) is 12.2. The quantitative estimate of drug-likeness (QED) is 0.593. The zero-order valence-electron chi connectivity index (χ0n) is 13.1. The molecule has 0 aliphatic carbocycles. The smallest absolute Gasteiger partial charge is 0.267 e. The van der Waals surface area contributed by atoms with Crippen molar-refractivity contribution in [2.24, 2.45) is 0 Å². The number of carbonyl (C=O) groups is 1. The third-order valence-corrected chi connectivity index (χ3v) is 4.66. The summed E-state index contributed by atoms with van der Waals surface area (Å²) in [6, 6.07) is 14.5. The predicted octanol–water partition coefficient (Wildman–Crippen LogP) is 3.09. The van der Waals surface area contributed by atoms with Gasteiger partial charge >= 0.3 is 0 Å². The van der Waals surface area contributed by atoms with Crippen LogP contribution in [0.2, 0.25) is 0 Å². The SMILES string of the molecule is O=C(Cn1nc(-c2cccs2)ccc1=O)Nc1ccc2[nH]ccc2c1. The van der Waals surface area contributed by atoms with Gasteiger partial charge in [-0.25, -0.2) is 4.68 Å². The maximum absolute atomic E-state index is 12.3. The number of carbonyl (C=O) groups excluding carboxylic acids is 1. The molecular weight excluding hydrogens is 336 g/mol. The fraction of sp³-hybridized carbons (Fsp3) is 0.0556. The molecule has 0 saturated carbocycles. The van der Waals surface area contributed by atoms with E-state index in [0.29, 0.717) is 11.4 Å². The van der Waals surface area contributed by atoms with Gasteiger partial charge in [0.2, 0.25) is 5.91 Å². The van der Waals surface area contributed by atoms with Gasteiger partial charge in [0.1, 0.15) is 12.2 Å². The number of H-pyrrole nitrogens is 1. The Hall–Kier alpha value is -3.19. The maximum atomic E-state index is 12.3. The fourth-order valence-electron chi connectivity index (χ4n) is 2.59. The number of aromatic amines is 1. The molecule has 4 rings (SSSR count). The number of nitrogens with one attached hydrogen (secondary N) is 2. The molecule has 3 aromatic heterocycles. The van der Waals surface area contributed by atoms with Gasteiger partial charge in [0.25, 0.3) is 5.56 Å². The normalized spacial score (nSPS) is 10.9. The molecule has 0 unspecified atom stereocenters. The zero-order chi connectivity index (χ0) is 17.2. The van der Waals surface area contributed by atoms with Crippen molar-refractivity contribution in [1.29, 1.82) is 0 Å². The number of fused-ring (bicyclic) bond motifs is 1. The number of rotatable bonds is 4. The van der Waals surface area contributed by atoms with Crippen LogP contribution in [0.15, 0.2) is 64.9 Å². The molecular formula is C18H14N4O2S. The summed E-state index contributed by atoms with van der Waals surface area (Å²) in [4.78, 5) is 28.3. The summed E-state index contributed by atoms with van der Waals surface area (Å²) in [5, 5.41) is 10.0. The summed E-state index contributed by atoms with van der Waals surface area (Å²) < 4.78 is 1.18. The van der Waals surface area contributed by atoms with Crippen molar-refractivity contribution < 1.29 is 4.79 Å². The Morgan fingerprint density at radius 2 is 2.12 bits per heavy atom. The summed E-state index contributed by atoms with van der Waals surface area (Å²) in [5.74, 6) is -0.298. The third kappa shape index (κ3) is 3.22. The number of benzene rings is 1. The number of anilines is 1. The second-order valence-electron chi connectivity index (χ2n) is 5.52. The highest BCUT2D eigenvalue weighted by atomic mass is 32.1. The highest BCUT2D eigenvalue weighted by Gasteiger charge is 2.09. The van der Waals surface area contributed by atoms with Gasteiger partial charge in [-0.1, -0.05) is 6.07 Å². The maximum Gasteiger partial charge on any atom is 0.267 e. The van der Waals surface area contributed by atoms with E-state index in [2.05, 4.69) is 15.4 Å². The van der Waals surface area contributed by atoms with E-state index in [4.69, 9.17) is 0 Å². The summed E-state index contributed by atoms with van der Waals surface area (Å²) >= 11 is 1.53. The van der Waals surface area contributed by atoms with Crippen molar-refractivity contribution in [1.82, 2.24) is 14.8 Å². The second-order valence-corrected chi connectivity index (χ2v) is 6.47. The number of hydrogen-bond donors (Lipinski definition) is 2. The lowest BCUT2D eigenvalue weighted by Gasteiger charge is -2.08. The largest absolute Gasteiger partial charge is 0.361 e. The standard InChI is InChI=1S/C18H14N4O2S/c23-17(20-13-3-4-14-12(10-13)7-8-19-14)11-22-18(24)6-5-15(21-22)16-2-1-9-25-16/h1-10,19H,11H2,(H,20,23). The van der Waals surface area contributed by atoms with Crippen molar-refractivity contribution in [3.8, 4) is 10.6 Å². The molecule has 25 heavy (non-hydrogen) atoms. The van der Waals surface area contributed by atoms with Crippen LogP contribution < -0.4 is 10.9 Å². The average molecular weight is 350 g/mol. The van der Waals surface area contributed by atoms with Crippen LogP contribution in [0, 0.1) is 0 Å². The van der Waals surface area contributed by atoms with E-state index < -0.39 is 0 Å². The molecule has 0 spiro atoms. The second kappa shape index (κ2) is 6.37. The number of amides is 1. The molecule has 0 saturated heterocycles. The molecule has 0 fully saturated rings. The number of thiophene rings is 1. The van der Waals surface area contributed by atoms with E-state index in [1.165, 1.54) is 22.1 Å². The molecule has 4 aromatic rings. The minimum Gasteiger partial charge on any atom is -0.361 e. The summed E-state index contributed by atoms with van der Waals surface area (Å²) in [6.07, 6.45) is 1.84. The Bertz CT molecular complexity index is 1100. The van der Waals surface area contributed by atoms with Crippen LogP contribution in [-0.2, 0) is 11.3 Å². The molecule has 0 aliphatic heterocycles. The predicted molar refractivity (Wildman–Crippen MR) is 98.7 cm³/mol. The van der Waals surface area contributed by atoms with E-state index in [9.17, 15) is 9.59 Å². The van der Waals surface area contributed by atoms with Crippen molar-refractivity contribution in [3.63, 3.8) is 0 Å². The molecule has 1 aromatic carbocycles. The van der Waals surface area contributed by atoms with E-state index in [0.717, 1.165) is 15.8 Å². The molecule has 1 amide bonds. The summed E-state index contributed by atoms with van der Waals surface area (Å²) in [5.41, 5.74) is 2.05. The number of hydrogen-bond acceptors (Lipinski definition) is 4. The molecule has 6 nitrogen and oxygen atoms in total. The van der Waals surface area contributed by atoms with E-state index in [1.54, 1.807) is 6.07 Å². The van der Waals surface area contributed by atoms with Gasteiger partial charge in [-0.2, -0.15) is 5.10 Å². The Kier molecular flexibility index (Phi) is 3.91. The Labute approximate surface area is 146 Å². The van der Waals surface area contributed by atoms with E-state index in [-0.39, 0.29) is 18.0 Å². The van der Waals surface area contributed by atoms with Gasteiger partial charge in [-0.15, -0.1) is 11.3 Å². The van der Waals surface area contributed by atoms with E-state index >= 15 is 0 Å². The first-order valence-corrected chi connectivity index (χ1v) is 8.56. The van der Waals surface area contributed by atoms with Gasteiger partial charge < -0.3 is 10.3 Å². The number of aromatic nitrogens is 3. The van der Waals surface area contributed by atoms with Gasteiger partial charge in [-0.3, -0.25) is 9.59 Å². The lowest BCUT2D eigenvalue weighted by Crippen LogP contribution is -2.29. The Morgan fingerprint density at radius 3 is 2.96 bits per heavy atom. The molecule has 0 atom stereocenters. The van der Waals surface area contributed by atoms with E-state index in [1.807, 2.05) is 48.0 Å². The minimum absolute atomic E-state index is 0.136. The highest BCUT2D eigenvalue weighted by Crippen LogP contribution is 2.21. The zero-order valence-corrected chi connectivity index (χ0v) is 13.9. The monoisotopic (exact) mass is 350 g/mol. The van der Waals surface area contributed by atoms with Crippen LogP contribution in [0.1, 0.15) is 0 Å². The van der Waals surface area contributed by atoms with Gasteiger partial charge in [0, 0.05) is 28.9 Å². The molecule has 0 bridgehead atoms. The fourth-order valence-corrected chi connectivity index (χ4v) is 3.28. The molecule has 0 radical (unpaired) electrons. The Balaban J connectivity index is 1.54. The van der Waals surface area contributed by atoms with Crippen LogP contribution in [0.3, 0.4) is 0 Å². The van der Waals surface area contributed by atoms with Crippen LogP contribution in [0.4, 0.5) is 5.69 Å². The van der Waals surface area contributed by atoms with Crippen LogP contribution in [0.5, 0.6) is 0 Å². The molecule has 7 heteroatoms.